The van der Waals surface area contributed by atoms with Crippen molar-refractivity contribution in [1.82, 2.24) is 15.2 Å². The van der Waals surface area contributed by atoms with Gasteiger partial charge in [0.25, 0.3) is 11.8 Å². The van der Waals surface area contributed by atoms with E-state index in [0.29, 0.717) is 11.3 Å². The highest BCUT2D eigenvalue weighted by atomic mass is 35.5. The van der Waals surface area contributed by atoms with Gasteiger partial charge in [-0.05, 0) is 33.3 Å². The van der Waals surface area contributed by atoms with Gasteiger partial charge in [0.05, 0.1) is 5.41 Å². The average molecular weight is 548 g/mol. The van der Waals surface area contributed by atoms with E-state index in [-0.39, 0.29) is 34.6 Å². The fraction of sp³-hybridized carbons (Fsp3) is 0.500. The minimum absolute atomic E-state index is 0. The first-order valence-electron chi connectivity index (χ1n) is 10.1. The van der Waals surface area contributed by atoms with E-state index in [1.165, 1.54) is 23.8 Å². The van der Waals surface area contributed by atoms with Gasteiger partial charge in [0, 0.05) is 11.1 Å². The highest BCUT2D eigenvalue weighted by Crippen LogP contribution is 2.40. The van der Waals surface area contributed by atoms with E-state index >= 15 is 0 Å². The third-order valence-electron chi connectivity index (χ3n) is 4.79. The number of carbonyl (C=O) groups is 4. The van der Waals surface area contributed by atoms with Crippen molar-refractivity contribution in [3.63, 3.8) is 0 Å². The summed E-state index contributed by atoms with van der Waals surface area (Å²) in [7, 11) is 1.28. The van der Waals surface area contributed by atoms with Crippen LogP contribution in [0.1, 0.15) is 33.4 Å². The summed E-state index contributed by atoms with van der Waals surface area (Å²) in [4.78, 5) is 60.3. The first-order valence-corrected chi connectivity index (χ1v) is 12.0. The number of rotatable bonds is 7. The predicted molar refractivity (Wildman–Crippen MR) is 132 cm³/mol. The summed E-state index contributed by atoms with van der Waals surface area (Å²) in [5.74, 6) is -2.04. The number of oxime groups is 1. The summed E-state index contributed by atoms with van der Waals surface area (Å²) in [5, 5.41) is 7.60. The zero-order valence-electron chi connectivity index (χ0n) is 19.6. The number of thiazole rings is 1. The quantitative estimate of drug-likeness (QED) is 0.167. The molecule has 1 saturated heterocycles. The molecule has 1 aromatic rings. The summed E-state index contributed by atoms with van der Waals surface area (Å²) in [6, 6.07) is -0.898. The molecule has 1 unspecified atom stereocenters. The summed E-state index contributed by atoms with van der Waals surface area (Å²) < 4.78 is 10.0. The number of ether oxygens (including phenoxy) is 2. The third-order valence-corrected chi connectivity index (χ3v) is 6.89. The van der Waals surface area contributed by atoms with Crippen LogP contribution in [0.2, 0.25) is 0 Å². The lowest BCUT2D eigenvalue weighted by Gasteiger charge is -2.49. The summed E-state index contributed by atoms with van der Waals surface area (Å²) in [6.07, 6.45) is 0. The van der Waals surface area contributed by atoms with Crippen molar-refractivity contribution in [1.29, 1.82) is 0 Å². The van der Waals surface area contributed by atoms with Crippen LogP contribution in [-0.4, -0.2) is 70.4 Å². The van der Waals surface area contributed by atoms with Crippen LogP contribution in [-0.2, 0) is 33.5 Å². The summed E-state index contributed by atoms with van der Waals surface area (Å²) >= 11 is 2.52. The smallest absolute Gasteiger partial charge is 0.357 e. The van der Waals surface area contributed by atoms with Crippen LogP contribution in [0.4, 0.5) is 5.13 Å². The molecule has 0 spiro atoms. The molecule has 3 N–H and O–H groups in total. The second kappa shape index (κ2) is 11.3. The molecule has 2 atom stereocenters. The van der Waals surface area contributed by atoms with Crippen molar-refractivity contribution in [2.24, 2.45) is 10.6 Å². The Hall–Kier alpha value is -2.84. The van der Waals surface area contributed by atoms with Crippen LogP contribution in [0, 0.1) is 5.41 Å². The first-order chi connectivity index (χ1) is 16.0. The number of hydrogen-bond acceptors (Lipinski definition) is 12. The van der Waals surface area contributed by atoms with E-state index in [0.717, 1.165) is 11.3 Å². The molecule has 0 saturated carbocycles. The van der Waals surface area contributed by atoms with Gasteiger partial charge in [-0.3, -0.25) is 19.3 Å². The van der Waals surface area contributed by atoms with Gasteiger partial charge in [-0.25, -0.2) is 9.78 Å². The van der Waals surface area contributed by atoms with E-state index in [1.54, 1.807) is 33.1 Å². The van der Waals surface area contributed by atoms with Crippen LogP contribution in [0.25, 0.3) is 0 Å². The Morgan fingerprint density at radius 3 is 2.57 bits per heavy atom. The Morgan fingerprint density at radius 2 is 2.00 bits per heavy atom. The number of carbonyl (C=O) groups excluding carboxylic acids is 4. The monoisotopic (exact) mass is 547 g/mol. The average Bonchev–Trinajstić information content (AvgIpc) is 3.20. The van der Waals surface area contributed by atoms with Gasteiger partial charge in [0.1, 0.15) is 29.9 Å². The number of nitrogens with zero attached hydrogens (tertiary/aromatic N) is 3. The molecule has 0 aromatic carbocycles. The number of hydrogen-bond donors (Lipinski definition) is 2. The number of nitrogens with two attached hydrogens (primary N) is 1. The molecule has 192 valence electrons. The van der Waals surface area contributed by atoms with Crippen molar-refractivity contribution in [3.8, 4) is 0 Å². The maximum absolute atomic E-state index is 12.9. The van der Waals surface area contributed by atoms with Crippen molar-refractivity contribution in [3.05, 3.63) is 22.3 Å². The fourth-order valence-electron chi connectivity index (χ4n) is 3.09. The molecule has 35 heavy (non-hydrogen) atoms. The number of halogens is 1. The lowest BCUT2D eigenvalue weighted by Crippen LogP contribution is -2.71. The van der Waals surface area contributed by atoms with Crippen molar-refractivity contribution in [2.45, 2.75) is 39.1 Å². The minimum atomic E-state index is -0.898. The molecule has 0 aliphatic carbocycles. The van der Waals surface area contributed by atoms with E-state index < -0.39 is 47.4 Å². The zero-order chi connectivity index (χ0) is 25.2. The number of esters is 2. The van der Waals surface area contributed by atoms with Crippen molar-refractivity contribution >= 4 is 70.1 Å². The van der Waals surface area contributed by atoms with Crippen LogP contribution in [0.15, 0.2) is 21.8 Å². The number of anilines is 1. The summed E-state index contributed by atoms with van der Waals surface area (Å²) in [6.45, 7) is 6.15. The molecule has 1 aromatic heterocycles. The van der Waals surface area contributed by atoms with Gasteiger partial charge in [-0.1, -0.05) is 5.16 Å². The van der Waals surface area contributed by atoms with Crippen molar-refractivity contribution < 1.29 is 33.5 Å². The molecule has 0 radical (unpaired) electrons. The van der Waals surface area contributed by atoms with Gasteiger partial charge in [-0.2, -0.15) is 0 Å². The van der Waals surface area contributed by atoms with E-state index in [2.05, 4.69) is 15.5 Å². The lowest BCUT2D eigenvalue weighted by molar-refractivity contribution is -0.173. The van der Waals surface area contributed by atoms with Crippen LogP contribution < -0.4 is 11.1 Å². The summed E-state index contributed by atoms with van der Waals surface area (Å²) in [5.41, 5.74) is 5.67. The second-order valence-corrected chi connectivity index (χ2v) is 10.4. The molecule has 12 nitrogen and oxygen atoms in total. The van der Waals surface area contributed by atoms with Gasteiger partial charge in [0.15, 0.2) is 10.8 Å². The molecule has 0 bridgehead atoms. The number of aromatic nitrogens is 1. The SMILES string of the molecule is CO/N=C(\C(=O)NC1C(=O)N2C(C(=O)OCOC(=O)C(C)(C)C)=C(C)CS[C@H]12)c1csc(N)n1.Cl. The molecule has 15 heteroatoms. The van der Waals surface area contributed by atoms with Crippen LogP contribution in [0.3, 0.4) is 0 Å². The Labute approximate surface area is 216 Å². The lowest BCUT2D eigenvalue weighted by atomic mass is 9.98. The standard InChI is InChI=1S/C20H25N5O7S2.ClH/c1-9-6-33-16-12(23-14(26)11(24-30-5)10-7-34-19(21)22-10)15(27)25(16)13(9)17(28)31-8-32-18(29)20(2,3)4;/h7,12,16H,6,8H2,1-5H3,(H2,21,22)(H,23,26);1H/b24-11-;/t12?,16-;/m1./s1. The molecule has 2 amide bonds. The van der Waals surface area contributed by atoms with Gasteiger partial charge in [0.2, 0.25) is 6.79 Å². The number of nitrogens with one attached hydrogen (secondary N) is 1. The Bertz CT molecular complexity index is 1080. The largest absolute Gasteiger partial charge is 0.427 e. The Balaban J connectivity index is 0.00000432. The van der Waals surface area contributed by atoms with E-state index in [1.807, 2.05) is 0 Å². The Morgan fingerprint density at radius 1 is 1.31 bits per heavy atom. The molecular formula is C20H26ClN5O7S2. The van der Waals surface area contributed by atoms with E-state index in [4.69, 9.17) is 20.0 Å². The fourth-order valence-corrected chi connectivity index (χ4v) is 4.93. The number of fused-ring (bicyclic) bond motifs is 1. The topological polar surface area (TPSA) is 163 Å². The zero-order valence-corrected chi connectivity index (χ0v) is 22.1. The number of amides is 2. The minimum Gasteiger partial charge on any atom is -0.427 e. The number of β-lactam (4-membered cyclic amide) rings is 1. The normalized spacial score (nSPS) is 19.7. The third kappa shape index (κ3) is 6.05. The first kappa shape index (κ1) is 28.4. The van der Waals surface area contributed by atoms with Crippen LogP contribution in [0.5, 0.6) is 0 Å². The van der Waals surface area contributed by atoms with E-state index in [9.17, 15) is 19.2 Å². The molecule has 2 aliphatic rings. The molecular weight excluding hydrogens is 522 g/mol. The number of thioether (sulfide) groups is 1. The van der Waals surface area contributed by atoms with Crippen molar-refractivity contribution in [2.75, 3.05) is 25.4 Å². The van der Waals surface area contributed by atoms with Gasteiger partial charge in [-0.15, -0.1) is 35.5 Å². The molecule has 3 heterocycles. The molecule has 2 aliphatic heterocycles. The number of nitrogen functional groups attached to an aromatic ring is 1. The maximum Gasteiger partial charge on any atom is 0.357 e. The molecule has 1 fully saturated rings. The van der Waals surface area contributed by atoms with Gasteiger partial charge < -0.3 is 25.4 Å². The van der Waals surface area contributed by atoms with Gasteiger partial charge >= 0.3 is 11.9 Å². The maximum atomic E-state index is 12.9. The highest BCUT2D eigenvalue weighted by molar-refractivity contribution is 8.00. The second-order valence-electron chi connectivity index (χ2n) is 8.41. The highest BCUT2D eigenvalue weighted by Gasteiger charge is 2.54. The van der Waals surface area contributed by atoms with Crippen LogP contribution >= 0.6 is 35.5 Å². The Kier molecular flexibility index (Phi) is 9.14. The predicted octanol–water partition coefficient (Wildman–Crippen LogP) is 1.26. The molecule has 3 rings (SSSR count).